The quantitative estimate of drug-likeness (QED) is 0.774. The van der Waals surface area contributed by atoms with Gasteiger partial charge in [0.1, 0.15) is 5.60 Å². The Morgan fingerprint density at radius 3 is 2.04 bits per heavy atom. The lowest BCUT2D eigenvalue weighted by atomic mass is 9.96. The Bertz CT molecular complexity index is 506. The molecule has 1 aliphatic heterocycles. The monoisotopic (exact) mass is 359 g/mol. The highest BCUT2D eigenvalue weighted by Gasteiger charge is 2.57. The Kier molecular flexibility index (Phi) is 5.53. The van der Waals surface area contributed by atoms with Gasteiger partial charge in [-0.15, -0.1) is 0 Å². The molecule has 24 heavy (non-hydrogen) atoms. The molecule has 0 spiro atoms. The number of carbonyl (C=O) groups is 2. The third-order valence-corrected chi connectivity index (χ3v) is 9.58. The topological polar surface area (TPSA) is 76.1 Å². The summed E-state index contributed by atoms with van der Waals surface area (Å²) in [6, 6.07) is 0. The molecule has 6 nitrogen and oxygen atoms in total. The van der Waals surface area contributed by atoms with Crippen molar-refractivity contribution >= 4 is 20.4 Å². The summed E-state index contributed by atoms with van der Waals surface area (Å²) in [5, 5.41) is 9.81. The van der Waals surface area contributed by atoms with Crippen LogP contribution in [0.4, 0.5) is 4.79 Å². The number of amides is 1. The minimum Gasteiger partial charge on any atom is -0.479 e. The summed E-state index contributed by atoms with van der Waals surface area (Å²) in [5.41, 5.74) is -2.09. The lowest BCUT2D eigenvalue weighted by molar-refractivity contribution is -0.152. The SMILES string of the molecule is CC(C)(C)OC(=O)N1CCC(O[Si](C)(C)C(C)(C)C)C1(C)C(=O)O. The number of hydrogen-bond donors (Lipinski definition) is 1. The van der Waals surface area contributed by atoms with E-state index in [-0.39, 0.29) is 5.04 Å². The van der Waals surface area contributed by atoms with Crippen LogP contribution in [0.25, 0.3) is 0 Å². The van der Waals surface area contributed by atoms with Crippen LogP contribution in [0.15, 0.2) is 0 Å². The fourth-order valence-electron chi connectivity index (χ4n) is 2.49. The van der Waals surface area contributed by atoms with Crippen molar-refractivity contribution in [3.8, 4) is 0 Å². The molecule has 0 radical (unpaired) electrons. The van der Waals surface area contributed by atoms with Crippen LogP contribution in [0.1, 0.15) is 54.9 Å². The van der Waals surface area contributed by atoms with Crippen LogP contribution in [0.2, 0.25) is 18.1 Å². The molecule has 1 saturated heterocycles. The molecule has 1 aliphatic rings. The summed E-state index contributed by atoms with van der Waals surface area (Å²) < 4.78 is 11.8. The van der Waals surface area contributed by atoms with Gasteiger partial charge in [0.15, 0.2) is 13.9 Å². The number of nitrogens with zero attached hydrogens (tertiary/aromatic N) is 1. The molecule has 1 amide bonds. The minimum absolute atomic E-state index is 0.0360. The maximum absolute atomic E-state index is 12.5. The molecule has 2 unspecified atom stereocenters. The number of carbonyl (C=O) groups excluding carboxylic acids is 1. The highest BCUT2D eigenvalue weighted by molar-refractivity contribution is 6.74. The normalized spacial score (nSPS) is 25.7. The van der Waals surface area contributed by atoms with E-state index >= 15 is 0 Å². The van der Waals surface area contributed by atoms with Crippen LogP contribution in [0.5, 0.6) is 0 Å². The van der Waals surface area contributed by atoms with E-state index in [1.807, 2.05) is 0 Å². The van der Waals surface area contributed by atoms with Crippen LogP contribution in [-0.4, -0.2) is 54.2 Å². The summed E-state index contributed by atoms with van der Waals surface area (Å²) in [5.74, 6) is -1.06. The number of hydrogen-bond acceptors (Lipinski definition) is 4. The number of rotatable bonds is 3. The van der Waals surface area contributed by atoms with Crippen molar-refractivity contribution in [3.05, 3.63) is 0 Å². The molecule has 140 valence electrons. The van der Waals surface area contributed by atoms with E-state index in [4.69, 9.17) is 9.16 Å². The first-order valence-corrected chi connectivity index (χ1v) is 11.3. The van der Waals surface area contributed by atoms with Gasteiger partial charge in [0.05, 0.1) is 6.10 Å². The third kappa shape index (κ3) is 4.11. The average Bonchev–Trinajstić information content (AvgIpc) is 2.64. The molecule has 0 aromatic carbocycles. The lowest BCUT2D eigenvalue weighted by Gasteiger charge is -2.43. The van der Waals surface area contributed by atoms with Gasteiger partial charge in [0.2, 0.25) is 0 Å². The molecule has 1 heterocycles. The zero-order chi connectivity index (χ0) is 19.1. The van der Waals surface area contributed by atoms with Gasteiger partial charge < -0.3 is 14.3 Å². The van der Waals surface area contributed by atoms with E-state index in [0.29, 0.717) is 13.0 Å². The van der Waals surface area contributed by atoms with Crippen molar-refractivity contribution in [2.75, 3.05) is 6.54 Å². The van der Waals surface area contributed by atoms with Gasteiger partial charge >= 0.3 is 12.1 Å². The number of ether oxygens (including phenoxy) is 1. The van der Waals surface area contributed by atoms with Crippen LogP contribution in [0, 0.1) is 0 Å². The molecule has 1 N–H and O–H groups in total. The van der Waals surface area contributed by atoms with Gasteiger partial charge in [0.25, 0.3) is 0 Å². The zero-order valence-corrected chi connectivity index (χ0v) is 17.5. The van der Waals surface area contributed by atoms with Crippen molar-refractivity contribution in [3.63, 3.8) is 0 Å². The fraction of sp³-hybridized carbons (Fsp3) is 0.882. The molecule has 0 aromatic rings. The molecule has 0 aliphatic carbocycles. The summed E-state index contributed by atoms with van der Waals surface area (Å²) in [6.07, 6.45) is -0.647. The van der Waals surface area contributed by atoms with Gasteiger partial charge in [-0.05, 0) is 52.2 Å². The maximum atomic E-state index is 12.5. The van der Waals surface area contributed by atoms with Gasteiger partial charge in [-0.1, -0.05) is 20.8 Å². The average molecular weight is 360 g/mol. The highest BCUT2D eigenvalue weighted by Crippen LogP contribution is 2.42. The van der Waals surface area contributed by atoms with Crippen LogP contribution in [0.3, 0.4) is 0 Å². The lowest BCUT2D eigenvalue weighted by Crippen LogP contribution is -2.60. The Morgan fingerprint density at radius 1 is 1.17 bits per heavy atom. The Morgan fingerprint density at radius 2 is 1.67 bits per heavy atom. The second-order valence-corrected chi connectivity index (χ2v) is 14.0. The van der Waals surface area contributed by atoms with Crippen LogP contribution < -0.4 is 0 Å². The second-order valence-electron chi connectivity index (χ2n) is 9.24. The molecule has 0 bridgehead atoms. The van der Waals surface area contributed by atoms with Crippen LogP contribution >= 0.6 is 0 Å². The number of likely N-dealkylation sites (tertiary alicyclic amines) is 1. The van der Waals surface area contributed by atoms with Crippen molar-refractivity contribution < 1.29 is 23.9 Å². The predicted molar refractivity (Wildman–Crippen MR) is 95.7 cm³/mol. The van der Waals surface area contributed by atoms with Gasteiger partial charge in [-0.25, -0.2) is 9.59 Å². The van der Waals surface area contributed by atoms with Gasteiger partial charge in [0, 0.05) is 6.54 Å². The molecule has 1 rings (SSSR count). The van der Waals surface area contributed by atoms with E-state index in [1.165, 1.54) is 4.90 Å². The molecular weight excluding hydrogens is 326 g/mol. The fourth-order valence-corrected chi connectivity index (χ4v) is 3.90. The Hall–Kier alpha value is -1.08. The minimum atomic E-state index is -2.16. The molecule has 2 atom stereocenters. The van der Waals surface area contributed by atoms with E-state index in [1.54, 1.807) is 27.7 Å². The first kappa shape index (κ1) is 21.0. The van der Waals surface area contributed by atoms with Crippen LogP contribution in [-0.2, 0) is 14.0 Å². The number of carboxylic acids is 1. The maximum Gasteiger partial charge on any atom is 0.411 e. The summed E-state index contributed by atoms with van der Waals surface area (Å²) in [7, 11) is -2.16. The summed E-state index contributed by atoms with van der Waals surface area (Å²) >= 11 is 0. The van der Waals surface area contributed by atoms with Crippen molar-refractivity contribution in [2.45, 2.75) is 90.3 Å². The van der Waals surface area contributed by atoms with E-state index in [9.17, 15) is 14.7 Å². The molecule has 1 fully saturated rings. The van der Waals surface area contributed by atoms with Gasteiger partial charge in [-0.2, -0.15) is 0 Å². The van der Waals surface area contributed by atoms with E-state index in [2.05, 4.69) is 33.9 Å². The predicted octanol–water partition coefficient (Wildman–Crippen LogP) is 3.86. The number of aliphatic carboxylic acids is 1. The molecular formula is C17H33NO5Si. The number of carboxylic acid groups (broad SMARTS) is 1. The van der Waals surface area contributed by atoms with Crippen molar-refractivity contribution in [1.29, 1.82) is 0 Å². The molecule has 7 heteroatoms. The third-order valence-electron chi connectivity index (χ3n) is 5.09. The standard InChI is InChI=1S/C17H33NO5Si/c1-15(2,3)22-14(21)18-11-10-12(17(18,7)13(19)20)23-24(8,9)16(4,5)6/h12H,10-11H2,1-9H3,(H,19,20). The summed E-state index contributed by atoms with van der Waals surface area (Å²) in [4.78, 5) is 25.8. The van der Waals surface area contributed by atoms with Gasteiger partial charge in [-0.3, -0.25) is 4.90 Å². The molecule has 0 saturated carbocycles. The largest absolute Gasteiger partial charge is 0.479 e. The van der Waals surface area contributed by atoms with Crippen molar-refractivity contribution in [1.82, 2.24) is 4.90 Å². The highest BCUT2D eigenvalue weighted by atomic mass is 28.4. The smallest absolute Gasteiger partial charge is 0.411 e. The first-order valence-electron chi connectivity index (χ1n) is 8.44. The van der Waals surface area contributed by atoms with E-state index < -0.39 is 37.6 Å². The van der Waals surface area contributed by atoms with E-state index in [0.717, 1.165) is 0 Å². The Balaban J connectivity index is 3.10. The first-order chi connectivity index (χ1) is 10.5. The summed E-state index contributed by atoms with van der Waals surface area (Å²) in [6.45, 7) is 17.7. The van der Waals surface area contributed by atoms with Crippen molar-refractivity contribution in [2.24, 2.45) is 0 Å². The Labute approximate surface area is 146 Å². The zero-order valence-electron chi connectivity index (χ0n) is 16.5. The molecule has 0 aromatic heterocycles. The second kappa shape index (κ2) is 6.33.